The van der Waals surface area contributed by atoms with Gasteiger partial charge in [0.2, 0.25) is 5.91 Å². The zero-order valence-corrected chi connectivity index (χ0v) is 10.6. The molecule has 1 aromatic carbocycles. The lowest BCUT2D eigenvalue weighted by Gasteiger charge is -2.13. The van der Waals surface area contributed by atoms with Crippen LogP contribution in [0.15, 0.2) is 24.3 Å². The van der Waals surface area contributed by atoms with Gasteiger partial charge in [-0.3, -0.25) is 4.79 Å². The third-order valence-corrected chi connectivity index (χ3v) is 2.53. The molecule has 1 amide bonds. The molecule has 0 fully saturated rings. The fourth-order valence-electron chi connectivity index (χ4n) is 1.28. The first-order valence-corrected chi connectivity index (χ1v) is 5.72. The van der Waals surface area contributed by atoms with Gasteiger partial charge in [0.1, 0.15) is 11.1 Å². The summed E-state index contributed by atoms with van der Waals surface area (Å²) in [6, 6.07) is 7.01. The Labute approximate surface area is 106 Å². The molecule has 0 saturated carbocycles. The molecule has 0 saturated heterocycles. The number of rotatable bonds is 5. The number of methoxy groups -OCH3 is 1. The van der Waals surface area contributed by atoms with E-state index in [0.717, 1.165) is 5.75 Å². The first kappa shape index (κ1) is 13.8. The Morgan fingerprint density at radius 1 is 1.47 bits per heavy atom. The zero-order chi connectivity index (χ0) is 12.8. The lowest BCUT2D eigenvalue weighted by Crippen LogP contribution is -2.33. The lowest BCUT2D eigenvalue weighted by atomic mass is 10.1. The van der Waals surface area contributed by atoms with E-state index in [1.165, 1.54) is 0 Å². The quantitative estimate of drug-likeness (QED) is 0.786. The Morgan fingerprint density at radius 2 is 2.06 bits per heavy atom. The van der Waals surface area contributed by atoms with E-state index in [1.807, 2.05) is 0 Å². The van der Waals surface area contributed by atoms with Crippen molar-refractivity contribution in [3.63, 3.8) is 0 Å². The molecule has 1 rings (SSSR count). The molecule has 5 heteroatoms. The van der Waals surface area contributed by atoms with Crippen molar-refractivity contribution < 1.29 is 14.6 Å². The van der Waals surface area contributed by atoms with Gasteiger partial charge in [0, 0.05) is 6.54 Å². The zero-order valence-electron chi connectivity index (χ0n) is 9.81. The van der Waals surface area contributed by atoms with E-state index in [2.05, 4.69) is 5.32 Å². The van der Waals surface area contributed by atoms with Gasteiger partial charge in [0.15, 0.2) is 0 Å². The van der Waals surface area contributed by atoms with Gasteiger partial charge in [-0.1, -0.05) is 12.1 Å². The fourth-order valence-corrected chi connectivity index (χ4v) is 1.36. The summed E-state index contributed by atoms with van der Waals surface area (Å²) in [6.07, 6.45) is -0.750. The van der Waals surface area contributed by atoms with Crippen LogP contribution >= 0.6 is 11.6 Å². The minimum Gasteiger partial charge on any atom is -0.497 e. The molecule has 0 radical (unpaired) electrons. The summed E-state index contributed by atoms with van der Waals surface area (Å²) in [5.74, 6) is 0.429. The minimum atomic E-state index is -0.750. The molecule has 2 N–H and O–H groups in total. The van der Waals surface area contributed by atoms with Crippen LogP contribution in [-0.2, 0) is 4.79 Å². The monoisotopic (exact) mass is 257 g/mol. The Bertz CT molecular complexity index is 365. The van der Waals surface area contributed by atoms with Gasteiger partial charge in [0.05, 0.1) is 13.2 Å². The maximum absolute atomic E-state index is 11.2. The van der Waals surface area contributed by atoms with Crippen LogP contribution in [0, 0.1) is 0 Å². The van der Waals surface area contributed by atoms with Gasteiger partial charge in [-0.25, -0.2) is 0 Å². The van der Waals surface area contributed by atoms with E-state index in [9.17, 15) is 9.90 Å². The summed E-state index contributed by atoms with van der Waals surface area (Å²) < 4.78 is 5.01. The van der Waals surface area contributed by atoms with Crippen molar-refractivity contribution in [2.45, 2.75) is 18.4 Å². The number of aliphatic hydroxyl groups is 1. The molecule has 0 aliphatic heterocycles. The number of hydrogen-bond donors (Lipinski definition) is 2. The maximum Gasteiger partial charge on any atom is 0.237 e. The Hall–Kier alpha value is -1.26. The topological polar surface area (TPSA) is 58.6 Å². The van der Waals surface area contributed by atoms with Crippen molar-refractivity contribution in [1.29, 1.82) is 0 Å². The largest absolute Gasteiger partial charge is 0.497 e. The molecule has 94 valence electrons. The number of alkyl halides is 1. The number of amides is 1. The number of halogens is 1. The van der Waals surface area contributed by atoms with Crippen molar-refractivity contribution in [3.05, 3.63) is 29.8 Å². The summed E-state index contributed by atoms with van der Waals surface area (Å²) in [5, 5.41) is 11.8. The number of hydrogen-bond acceptors (Lipinski definition) is 3. The molecule has 0 bridgehead atoms. The number of ether oxygens (including phenoxy) is 1. The average molecular weight is 258 g/mol. The van der Waals surface area contributed by atoms with E-state index < -0.39 is 11.5 Å². The van der Waals surface area contributed by atoms with Gasteiger partial charge in [-0.05, 0) is 24.6 Å². The van der Waals surface area contributed by atoms with Gasteiger partial charge in [0.25, 0.3) is 0 Å². The summed E-state index contributed by atoms with van der Waals surface area (Å²) in [4.78, 5) is 11.2. The van der Waals surface area contributed by atoms with Crippen LogP contribution < -0.4 is 10.1 Å². The third-order valence-electron chi connectivity index (χ3n) is 2.33. The number of carbonyl (C=O) groups is 1. The van der Waals surface area contributed by atoms with Crippen molar-refractivity contribution in [1.82, 2.24) is 5.32 Å². The molecular weight excluding hydrogens is 242 g/mol. The average Bonchev–Trinajstić information content (AvgIpc) is 2.35. The molecule has 2 unspecified atom stereocenters. The third kappa shape index (κ3) is 4.24. The highest BCUT2D eigenvalue weighted by molar-refractivity contribution is 6.30. The van der Waals surface area contributed by atoms with Crippen LogP contribution in [0.5, 0.6) is 5.75 Å². The molecule has 0 aromatic heterocycles. The standard InChI is InChI=1S/C12H16ClNO3/c1-8(13)12(16)14-7-11(15)9-3-5-10(17-2)6-4-9/h3-6,8,11,15H,7H2,1-2H3,(H,14,16). The first-order chi connectivity index (χ1) is 8.04. The van der Waals surface area contributed by atoms with Crippen LogP contribution in [0.4, 0.5) is 0 Å². The highest BCUT2D eigenvalue weighted by Gasteiger charge is 2.12. The lowest BCUT2D eigenvalue weighted by molar-refractivity contribution is -0.120. The molecule has 0 aliphatic rings. The van der Waals surface area contributed by atoms with Crippen LogP contribution in [0.2, 0.25) is 0 Å². The molecular formula is C12H16ClNO3. The predicted octanol–water partition coefficient (Wildman–Crippen LogP) is 1.47. The molecule has 17 heavy (non-hydrogen) atoms. The second-order valence-corrected chi connectivity index (χ2v) is 4.30. The minimum absolute atomic E-state index is 0.141. The number of aliphatic hydroxyl groups excluding tert-OH is 1. The van der Waals surface area contributed by atoms with E-state index in [4.69, 9.17) is 16.3 Å². The van der Waals surface area contributed by atoms with E-state index in [0.29, 0.717) is 5.56 Å². The molecule has 0 spiro atoms. The van der Waals surface area contributed by atoms with E-state index in [1.54, 1.807) is 38.3 Å². The van der Waals surface area contributed by atoms with Crippen molar-refractivity contribution in [2.75, 3.05) is 13.7 Å². The van der Waals surface area contributed by atoms with Crippen molar-refractivity contribution >= 4 is 17.5 Å². The molecule has 2 atom stereocenters. The SMILES string of the molecule is COc1ccc(C(O)CNC(=O)C(C)Cl)cc1. The molecule has 1 aromatic rings. The second-order valence-electron chi connectivity index (χ2n) is 3.65. The number of benzene rings is 1. The highest BCUT2D eigenvalue weighted by Crippen LogP contribution is 2.16. The number of carbonyl (C=O) groups excluding carboxylic acids is 1. The first-order valence-electron chi connectivity index (χ1n) is 5.28. The molecule has 0 aliphatic carbocycles. The van der Waals surface area contributed by atoms with E-state index in [-0.39, 0.29) is 12.5 Å². The summed E-state index contributed by atoms with van der Waals surface area (Å²) >= 11 is 5.59. The van der Waals surface area contributed by atoms with Crippen LogP contribution in [-0.4, -0.2) is 30.0 Å². The summed E-state index contributed by atoms with van der Waals surface area (Å²) in [7, 11) is 1.58. The van der Waals surface area contributed by atoms with Gasteiger partial charge < -0.3 is 15.2 Å². The van der Waals surface area contributed by atoms with Crippen molar-refractivity contribution in [3.8, 4) is 5.75 Å². The van der Waals surface area contributed by atoms with Gasteiger partial charge in [-0.15, -0.1) is 11.6 Å². The second kappa shape index (κ2) is 6.47. The highest BCUT2D eigenvalue weighted by atomic mass is 35.5. The van der Waals surface area contributed by atoms with E-state index >= 15 is 0 Å². The smallest absolute Gasteiger partial charge is 0.237 e. The van der Waals surface area contributed by atoms with Crippen LogP contribution in [0.1, 0.15) is 18.6 Å². The Morgan fingerprint density at radius 3 is 2.53 bits per heavy atom. The normalized spacial score (nSPS) is 13.9. The van der Waals surface area contributed by atoms with Gasteiger partial charge in [-0.2, -0.15) is 0 Å². The Kier molecular flexibility index (Phi) is 5.25. The van der Waals surface area contributed by atoms with Crippen LogP contribution in [0.3, 0.4) is 0 Å². The number of nitrogens with one attached hydrogen (secondary N) is 1. The van der Waals surface area contributed by atoms with Crippen molar-refractivity contribution in [2.24, 2.45) is 0 Å². The molecule has 4 nitrogen and oxygen atoms in total. The summed E-state index contributed by atoms with van der Waals surface area (Å²) in [6.45, 7) is 1.72. The predicted molar refractivity (Wildman–Crippen MR) is 66.3 cm³/mol. The Balaban J connectivity index is 2.51. The fraction of sp³-hybridized carbons (Fsp3) is 0.417. The molecule has 0 heterocycles. The van der Waals surface area contributed by atoms with Gasteiger partial charge >= 0.3 is 0 Å². The maximum atomic E-state index is 11.2. The van der Waals surface area contributed by atoms with Crippen LogP contribution in [0.25, 0.3) is 0 Å². The summed E-state index contributed by atoms with van der Waals surface area (Å²) in [5.41, 5.74) is 0.716.